The molecule has 3 nitrogen and oxygen atoms in total. The predicted molar refractivity (Wildman–Crippen MR) is 84.0 cm³/mol. The van der Waals surface area contributed by atoms with E-state index in [1.165, 1.54) is 44.8 Å². The Morgan fingerprint density at radius 1 is 1.16 bits per heavy atom. The summed E-state index contributed by atoms with van der Waals surface area (Å²) in [5.41, 5.74) is 0. The van der Waals surface area contributed by atoms with Crippen molar-refractivity contribution in [2.24, 2.45) is 5.92 Å². The molecule has 2 fully saturated rings. The van der Waals surface area contributed by atoms with Gasteiger partial charge in [0.1, 0.15) is 0 Å². The Labute approximate surface area is 123 Å². The van der Waals surface area contributed by atoms with Crippen molar-refractivity contribution >= 4 is 11.8 Å². The number of hydrogen-bond donors (Lipinski definition) is 0. The molecule has 4 heteroatoms. The third-order valence-electron chi connectivity index (χ3n) is 4.08. The molecule has 0 amide bonds. The number of piperidine rings is 1. The molecule has 0 aromatic heterocycles. The van der Waals surface area contributed by atoms with Gasteiger partial charge >= 0.3 is 0 Å². The first kappa shape index (κ1) is 15.6. The summed E-state index contributed by atoms with van der Waals surface area (Å²) >= 11 is 2.09. The van der Waals surface area contributed by atoms with Gasteiger partial charge in [0, 0.05) is 38.5 Å². The maximum absolute atomic E-state index is 5.43. The molecule has 0 spiro atoms. The van der Waals surface area contributed by atoms with Crippen LogP contribution in [0.15, 0.2) is 0 Å². The Balaban J connectivity index is 1.64. The molecule has 2 aliphatic rings. The summed E-state index contributed by atoms with van der Waals surface area (Å²) in [4.78, 5) is 5.28. The standard InChI is InChI=1S/C15H30N2OS/c1-14(2)19-11-8-16-5-3-4-15(12-16)13-17-6-9-18-10-7-17/h14-15H,3-13H2,1-2H3/t15-/m0/s1. The van der Waals surface area contributed by atoms with Crippen molar-refractivity contribution in [3.63, 3.8) is 0 Å². The molecule has 0 aromatic carbocycles. The van der Waals surface area contributed by atoms with Gasteiger partial charge in [-0.3, -0.25) is 4.90 Å². The Hall–Kier alpha value is 0.230. The van der Waals surface area contributed by atoms with E-state index in [-0.39, 0.29) is 0 Å². The van der Waals surface area contributed by atoms with E-state index in [9.17, 15) is 0 Å². The lowest BCUT2D eigenvalue weighted by molar-refractivity contribution is 0.0233. The molecule has 1 atom stereocenters. The van der Waals surface area contributed by atoms with Crippen molar-refractivity contribution in [3.8, 4) is 0 Å². The van der Waals surface area contributed by atoms with Gasteiger partial charge in [-0.2, -0.15) is 11.8 Å². The topological polar surface area (TPSA) is 15.7 Å². The third kappa shape index (κ3) is 6.03. The predicted octanol–water partition coefficient (Wildman–Crippen LogP) is 2.17. The fourth-order valence-electron chi connectivity index (χ4n) is 3.07. The van der Waals surface area contributed by atoms with Gasteiger partial charge in [0.2, 0.25) is 0 Å². The second kappa shape index (κ2) is 8.50. The van der Waals surface area contributed by atoms with Gasteiger partial charge in [-0.1, -0.05) is 13.8 Å². The molecule has 0 N–H and O–H groups in total. The van der Waals surface area contributed by atoms with Crippen LogP contribution in [0.5, 0.6) is 0 Å². The van der Waals surface area contributed by atoms with Gasteiger partial charge in [0.25, 0.3) is 0 Å². The number of ether oxygens (including phenoxy) is 1. The molecule has 19 heavy (non-hydrogen) atoms. The van der Waals surface area contributed by atoms with E-state index in [1.54, 1.807) is 0 Å². The largest absolute Gasteiger partial charge is 0.379 e. The van der Waals surface area contributed by atoms with Crippen molar-refractivity contribution < 1.29 is 4.74 Å². The SMILES string of the molecule is CC(C)SCCN1CCC[C@H](CN2CCOCC2)C1. The van der Waals surface area contributed by atoms with Crippen LogP contribution in [0.3, 0.4) is 0 Å². The summed E-state index contributed by atoms with van der Waals surface area (Å²) in [6.45, 7) is 13.9. The zero-order valence-corrected chi connectivity index (χ0v) is 13.5. The van der Waals surface area contributed by atoms with E-state index < -0.39 is 0 Å². The lowest BCUT2D eigenvalue weighted by Gasteiger charge is -2.36. The Bertz CT molecular complexity index is 244. The zero-order valence-electron chi connectivity index (χ0n) is 12.6. The van der Waals surface area contributed by atoms with E-state index in [2.05, 4.69) is 35.4 Å². The average molecular weight is 286 g/mol. The minimum absolute atomic E-state index is 0.772. The van der Waals surface area contributed by atoms with Crippen LogP contribution in [0.1, 0.15) is 26.7 Å². The molecule has 2 rings (SSSR count). The summed E-state index contributed by atoms with van der Waals surface area (Å²) < 4.78 is 5.43. The quantitative estimate of drug-likeness (QED) is 0.743. The van der Waals surface area contributed by atoms with Gasteiger partial charge in [0.15, 0.2) is 0 Å². The normalized spacial score (nSPS) is 27.0. The van der Waals surface area contributed by atoms with Crippen LogP contribution in [-0.4, -0.2) is 73.3 Å². The molecule has 2 heterocycles. The first-order chi connectivity index (χ1) is 9.24. The molecule has 0 aromatic rings. The molecular weight excluding hydrogens is 256 g/mol. The van der Waals surface area contributed by atoms with E-state index in [0.717, 1.165) is 37.5 Å². The fraction of sp³-hybridized carbons (Fsp3) is 1.00. The lowest BCUT2D eigenvalue weighted by atomic mass is 9.97. The van der Waals surface area contributed by atoms with E-state index in [4.69, 9.17) is 4.74 Å². The summed E-state index contributed by atoms with van der Waals surface area (Å²) in [7, 11) is 0. The highest BCUT2D eigenvalue weighted by atomic mass is 32.2. The molecule has 0 bridgehead atoms. The first-order valence-electron chi connectivity index (χ1n) is 7.88. The third-order valence-corrected chi connectivity index (χ3v) is 5.17. The number of nitrogens with zero attached hydrogens (tertiary/aromatic N) is 2. The second-order valence-electron chi connectivity index (χ2n) is 6.14. The molecule has 0 saturated carbocycles. The maximum Gasteiger partial charge on any atom is 0.0594 e. The van der Waals surface area contributed by atoms with Crippen molar-refractivity contribution in [1.29, 1.82) is 0 Å². The van der Waals surface area contributed by atoms with Gasteiger partial charge in [-0.25, -0.2) is 0 Å². The van der Waals surface area contributed by atoms with Gasteiger partial charge in [-0.15, -0.1) is 0 Å². The first-order valence-corrected chi connectivity index (χ1v) is 8.93. The van der Waals surface area contributed by atoms with Crippen molar-refractivity contribution in [2.75, 3.05) is 58.2 Å². The second-order valence-corrected chi connectivity index (χ2v) is 7.83. The minimum atomic E-state index is 0.772. The molecule has 2 saturated heterocycles. The number of thioether (sulfide) groups is 1. The van der Waals surface area contributed by atoms with E-state index in [1.807, 2.05) is 0 Å². The summed E-state index contributed by atoms with van der Waals surface area (Å²) in [5, 5.41) is 0.772. The van der Waals surface area contributed by atoms with Crippen molar-refractivity contribution in [3.05, 3.63) is 0 Å². The van der Waals surface area contributed by atoms with Crippen LogP contribution < -0.4 is 0 Å². The monoisotopic (exact) mass is 286 g/mol. The highest BCUT2D eigenvalue weighted by Crippen LogP contribution is 2.19. The summed E-state index contributed by atoms with van der Waals surface area (Å²) in [6.07, 6.45) is 2.81. The highest BCUT2D eigenvalue weighted by Gasteiger charge is 2.22. The van der Waals surface area contributed by atoms with E-state index >= 15 is 0 Å². The Morgan fingerprint density at radius 2 is 1.95 bits per heavy atom. The van der Waals surface area contributed by atoms with Gasteiger partial charge in [-0.05, 0) is 30.6 Å². The van der Waals surface area contributed by atoms with Gasteiger partial charge in [0.05, 0.1) is 13.2 Å². The van der Waals surface area contributed by atoms with Crippen LogP contribution in [0.4, 0.5) is 0 Å². The van der Waals surface area contributed by atoms with Crippen LogP contribution in [0.2, 0.25) is 0 Å². The fourth-order valence-corrected chi connectivity index (χ4v) is 3.90. The molecular formula is C15H30N2OS. The van der Waals surface area contributed by atoms with Crippen molar-refractivity contribution in [2.45, 2.75) is 31.9 Å². The average Bonchev–Trinajstić information content (AvgIpc) is 2.40. The smallest absolute Gasteiger partial charge is 0.0594 e. The molecule has 0 unspecified atom stereocenters. The zero-order chi connectivity index (χ0) is 13.5. The highest BCUT2D eigenvalue weighted by molar-refractivity contribution is 7.99. The molecule has 2 aliphatic heterocycles. The van der Waals surface area contributed by atoms with E-state index in [0.29, 0.717) is 0 Å². The summed E-state index contributed by atoms with van der Waals surface area (Å²) in [6, 6.07) is 0. The van der Waals surface area contributed by atoms with Crippen LogP contribution in [0.25, 0.3) is 0 Å². The molecule has 112 valence electrons. The maximum atomic E-state index is 5.43. The van der Waals surface area contributed by atoms with Crippen LogP contribution >= 0.6 is 11.8 Å². The minimum Gasteiger partial charge on any atom is -0.379 e. The van der Waals surface area contributed by atoms with Crippen LogP contribution in [0, 0.1) is 5.92 Å². The lowest BCUT2D eigenvalue weighted by Crippen LogP contribution is -2.45. The van der Waals surface area contributed by atoms with Crippen molar-refractivity contribution in [1.82, 2.24) is 9.80 Å². The number of rotatable bonds is 6. The molecule has 0 radical (unpaired) electrons. The summed E-state index contributed by atoms with van der Waals surface area (Å²) in [5.74, 6) is 2.18. The Kier molecular flexibility index (Phi) is 6.99. The van der Waals surface area contributed by atoms with Gasteiger partial charge < -0.3 is 9.64 Å². The molecule has 0 aliphatic carbocycles. The number of likely N-dealkylation sites (tertiary alicyclic amines) is 1. The number of hydrogen-bond acceptors (Lipinski definition) is 4. The Morgan fingerprint density at radius 3 is 2.68 bits per heavy atom. The van der Waals surface area contributed by atoms with Crippen LogP contribution in [-0.2, 0) is 4.74 Å². The number of morpholine rings is 1.